The molecule has 0 aliphatic carbocycles. The van der Waals surface area contributed by atoms with Gasteiger partial charge in [-0.05, 0) is 69.2 Å². The molecule has 1 N–H and O–H groups in total. The summed E-state index contributed by atoms with van der Waals surface area (Å²) in [6.45, 7) is 7.15. The van der Waals surface area contributed by atoms with Crippen LogP contribution < -0.4 is 10.1 Å². The minimum absolute atomic E-state index is 0.0117. The number of halogens is 3. The van der Waals surface area contributed by atoms with E-state index in [-0.39, 0.29) is 23.2 Å². The Labute approximate surface area is 184 Å². The first-order valence-electron chi connectivity index (χ1n) is 9.83. The van der Waals surface area contributed by atoms with Crippen molar-refractivity contribution in [3.63, 3.8) is 0 Å². The number of benzene rings is 2. The summed E-state index contributed by atoms with van der Waals surface area (Å²) in [4.78, 5) is 23.5. The highest BCUT2D eigenvalue weighted by molar-refractivity contribution is 5.91. The fourth-order valence-electron chi connectivity index (χ4n) is 2.80. The fourth-order valence-corrected chi connectivity index (χ4v) is 2.80. The van der Waals surface area contributed by atoms with Gasteiger partial charge in [-0.2, -0.15) is 13.2 Å². The van der Waals surface area contributed by atoms with Crippen LogP contribution in [-0.4, -0.2) is 37.4 Å². The summed E-state index contributed by atoms with van der Waals surface area (Å²) < 4.78 is 55.8. The largest absolute Gasteiger partial charge is 0.489 e. The number of carbonyl (C=O) groups excluding carboxylic acids is 2. The van der Waals surface area contributed by atoms with Crippen LogP contribution in [0.25, 0.3) is 11.1 Å². The lowest BCUT2D eigenvalue weighted by Gasteiger charge is -2.21. The minimum atomic E-state index is -4.60. The number of amides is 1. The maximum absolute atomic E-state index is 13.5. The predicted octanol–water partition coefficient (Wildman–Crippen LogP) is 5.45. The second kappa shape index (κ2) is 9.93. The molecule has 0 aromatic heterocycles. The summed E-state index contributed by atoms with van der Waals surface area (Å²) in [5, 5.41) is 2.59. The first-order valence-corrected chi connectivity index (χ1v) is 9.83. The molecule has 2 aromatic carbocycles. The molecular formula is C23H26F3NO5. The number of carbonyl (C=O) groups is 2. The number of rotatable bonds is 6. The molecule has 0 fully saturated rings. The molecule has 0 saturated heterocycles. The van der Waals surface area contributed by atoms with Crippen LogP contribution in [0.3, 0.4) is 0 Å². The molecule has 0 radical (unpaired) electrons. The Morgan fingerprint density at radius 2 is 1.66 bits per heavy atom. The number of hydrogen-bond donors (Lipinski definition) is 1. The first kappa shape index (κ1) is 25.0. The predicted molar refractivity (Wildman–Crippen MR) is 113 cm³/mol. The number of methoxy groups -OCH3 is 1. The third-order valence-corrected chi connectivity index (χ3v) is 4.18. The molecular weight excluding hydrogens is 427 g/mol. The van der Waals surface area contributed by atoms with Crippen LogP contribution in [0.1, 0.15) is 43.6 Å². The Kier molecular flexibility index (Phi) is 7.77. The van der Waals surface area contributed by atoms with E-state index in [4.69, 9.17) is 9.47 Å². The van der Waals surface area contributed by atoms with Gasteiger partial charge in [0, 0.05) is 0 Å². The van der Waals surface area contributed by atoms with Crippen LogP contribution in [0.4, 0.5) is 18.0 Å². The van der Waals surface area contributed by atoms with E-state index in [0.717, 1.165) is 25.3 Å². The second-order valence-corrected chi connectivity index (χ2v) is 8.09. The van der Waals surface area contributed by atoms with E-state index in [9.17, 15) is 22.8 Å². The summed E-state index contributed by atoms with van der Waals surface area (Å²) >= 11 is 0. The summed E-state index contributed by atoms with van der Waals surface area (Å²) in [5.74, 6) is -0.323. The summed E-state index contributed by atoms with van der Waals surface area (Å²) in [5.41, 5.74) is -1.36. The Balaban J connectivity index is 2.15. The van der Waals surface area contributed by atoms with Gasteiger partial charge in [0.15, 0.2) is 0 Å². The molecule has 1 atom stereocenters. The first-order chi connectivity index (χ1) is 14.8. The lowest BCUT2D eigenvalue weighted by atomic mass is 9.96. The van der Waals surface area contributed by atoms with Gasteiger partial charge in [0.25, 0.3) is 0 Å². The van der Waals surface area contributed by atoms with Gasteiger partial charge in [-0.1, -0.05) is 12.1 Å². The Bertz CT molecular complexity index is 950. The molecule has 9 heteroatoms. The molecule has 2 rings (SSSR count). The van der Waals surface area contributed by atoms with Gasteiger partial charge in [-0.15, -0.1) is 0 Å². The molecule has 1 amide bonds. The highest BCUT2D eigenvalue weighted by Gasteiger charge is 2.34. The van der Waals surface area contributed by atoms with Crippen LogP contribution in [0, 0.1) is 0 Å². The summed E-state index contributed by atoms with van der Waals surface area (Å²) in [6, 6.07) is 9.06. The molecule has 0 bridgehead atoms. The van der Waals surface area contributed by atoms with Crippen molar-refractivity contribution in [3.8, 4) is 16.9 Å². The zero-order valence-electron chi connectivity index (χ0n) is 18.5. The van der Waals surface area contributed by atoms with Crippen molar-refractivity contribution in [2.75, 3.05) is 13.7 Å². The van der Waals surface area contributed by atoms with Gasteiger partial charge in [0.2, 0.25) is 0 Å². The standard InChI is InChI=1S/C23H26F3NO5/c1-14(13-27-21(29)32-22(2,3)4)31-17-9-6-15(7-10-17)18-12-16(20(28)30-5)8-11-19(18)23(24,25)26/h6-12,14H,13H2,1-5H3,(H,27,29). The highest BCUT2D eigenvalue weighted by Crippen LogP contribution is 2.38. The average Bonchev–Trinajstić information content (AvgIpc) is 2.70. The normalized spacial score (nSPS) is 12.6. The number of hydrogen-bond acceptors (Lipinski definition) is 5. The number of ether oxygens (including phenoxy) is 3. The van der Waals surface area contributed by atoms with E-state index in [2.05, 4.69) is 10.1 Å². The van der Waals surface area contributed by atoms with Gasteiger partial charge in [-0.3, -0.25) is 0 Å². The molecule has 0 saturated carbocycles. The van der Waals surface area contributed by atoms with E-state index in [0.29, 0.717) is 5.75 Å². The lowest BCUT2D eigenvalue weighted by molar-refractivity contribution is -0.137. The fraction of sp³-hybridized carbons (Fsp3) is 0.391. The van der Waals surface area contributed by atoms with Crippen molar-refractivity contribution >= 4 is 12.1 Å². The van der Waals surface area contributed by atoms with Gasteiger partial charge < -0.3 is 19.5 Å². The summed E-state index contributed by atoms with van der Waals surface area (Å²) in [7, 11) is 1.16. The monoisotopic (exact) mass is 453 g/mol. The topological polar surface area (TPSA) is 73.9 Å². The molecule has 2 aromatic rings. The van der Waals surface area contributed by atoms with Crippen LogP contribution in [0.5, 0.6) is 5.75 Å². The molecule has 174 valence electrons. The maximum Gasteiger partial charge on any atom is 0.417 e. The number of nitrogens with one attached hydrogen (secondary N) is 1. The van der Waals surface area contributed by atoms with Crippen LogP contribution >= 0.6 is 0 Å². The summed E-state index contributed by atoms with van der Waals surface area (Å²) in [6.07, 6.45) is -5.59. The van der Waals surface area contributed by atoms with Crippen molar-refractivity contribution in [1.82, 2.24) is 5.32 Å². The lowest BCUT2D eigenvalue weighted by Crippen LogP contribution is -2.37. The molecule has 32 heavy (non-hydrogen) atoms. The number of alkyl carbamates (subject to hydrolysis) is 1. The van der Waals surface area contributed by atoms with Crippen molar-refractivity contribution in [2.24, 2.45) is 0 Å². The van der Waals surface area contributed by atoms with Gasteiger partial charge in [0.05, 0.1) is 24.8 Å². The Morgan fingerprint density at radius 1 is 1.03 bits per heavy atom. The van der Waals surface area contributed by atoms with Crippen molar-refractivity contribution in [1.29, 1.82) is 0 Å². The molecule has 0 aliphatic heterocycles. The third kappa shape index (κ3) is 7.18. The van der Waals surface area contributed by atoms with Gasteiger partial charge in [0.1, 0.15) is 17.5 Å². The smallest absolute Gasteiger partial charge is 0.417 e. The quantitative estimate of drug-likeness (QED) is 0.589. The third-order valence-electron chi connectivity index (χ3n) is 4.18. The zero-order chi connectivity index (χ0) is 24.1. The van der Waals surface area contributed by atoms with Crippen molar-refractivity contribution < 1.29 is 37.0 Å². The highest BCUT2D eigenvalue weighted by atomic mass is 19.4. The number of esters is 1. The SMILES string of the molecule is COC(=O)c1ccc(C(F)(F)F)c(-c2ccc(OC(C)CNC(=O)OC(C)(C)C)cc2)c1. The maximum atomic E-state index is 13.5. The molecule has 1 unspecified atom stereocenters. The van der Waals surface area contributed by atoms with E-state index in [1.807, 2.05) is 0 Å². The van der Waals surface area contributed by atoms with Crippen molar-refractivity contribution in [2.45, 2.75) is 45.6 Å². The molecule has 0 heterocycles. The minimum Gasteiger partial charge on any atom is -0.489 e. The zero-order valence-corrected chi connectivity index (χ0v) is 18.5. The molecule has 0 aliphatic rings. The van der Waals surface area contributed by atoms with Gasteiger partial charge in [-0.25, -0.2) is 9.59 Å². The number of alkyl halides is 3. The van der Waals surface area contributed by atoms with Gasteiger partial charge >= 0.3 is 18.2 Å². The van der Waals surface area contributed by atoms with Crippen molar-refractivity contribution in [3.05, 3.63) is 53.6 Å². The molecule has 6 nitrogen and oxygen atoms in total. The van der Waals surface area contributed by atoms with Crippen LogP contribution in [-0.2, 0) is 15.7 Å². The Morgan fingerprint density at radius 3 is 2.19 bits per heavy atom. The molecule has 0 spiro atoms. The van der Waals surface area contributed by atoms with E-state index in [1.165, 1.54) is 24.3 Å². The van der Waals surface area contributed by atoms with E-state index < -0.39 is 35.5 Å². The second-order valence-electron chi connectivity index (χ2n) is 8.09. The van der Waals surface area contributed by atoms with Crippen LogP contribution in [0.2, 0.25) is 0 Å². The average molecular weight is 453 g/mol. The Hall–Kier alpha value is -3.23. The van der Waals surface area contributed by atoms with E-state index >= 15 is 0 Å². The van der Waals surface area contributed by atoms with Crippen LogP contribution in [0.15, 0.2) is 42.5 Å². The van der Waals surface area contributed by atoms with E-state index in [1.54, 1.807) is 27.7 Å².